The van der Waals surface area contributed by atoms with Crippen molar-refractivity contribution in [1.29, 1.82) is 5.41 Å². The summed E-state index contributed by atoms with van der Waals surface area (Å²) in [5.74, 6) is 0.753. The van der Waals surface area contributed by atoms with Gasteiger partial charge >= 0.3 is 0 Å². The standard InChI is InChI=1S/C21H25N5O2/c22-19(18(21(24)27)20(23)26-15-5-4-12-25-13-15)14-8-10-17(11-9-14)28-16-6-2-1-3-7-16/h1-3,6-11,15,22,25-26H,4-5,12-13,23H2,(H2,24,27)/b20-18+,22-19?. The van der Waals surface area contributed by atoms with Gasteiger partial charge in [0.2, 0.25) is 0 Å². The van der Waals surface area contributed by atoms with Crippen LogP contribution < -0.4 is 26.8 Å². The number of hydrogen-bond acceptors (Lipinski definition) is 6. The van der Waals surface area contributed by atoms with Crippen molar-refractivity contribution in [3.05, 3.63) is 71.6 Å². The fraction of sp³-hybridized carbons (Fsp3) is 0.238. The number of carbonyl (C=O) groups is 1. The van der Waals surface area contributed by atoms with E-state index in [2.05, 4.69) is 10.6 Å². The zero-order chi connectivity index (χ0) is 19.9. The average molecular weight is 379 g/mol. The number of primary amides is 1. The number of ether oxygens (including phenoxy) is 1. The molecular formula is C21H25N5O2. The maximum Gasteiger partial charge on any atom is 0.254 e. The monoisotopic (exact) mass is 379 g/mol. The van der Waals surface area contributed by atoms with Gasteiger partial charge < -0.3 is 26.8 Å². The van der Waals surface area contributed by atoms with Crippen LogP contribution in [0.15, 0.2) is 66.0 Å². The second kappa shape index (κ2) is 9.05. The van der Waals surface area contributed by atoms with Gasteiger partial charge in [0.1, 0.15) is 22.9 Å². The van der Waals surface area contributed by atoms with E-state index in [4.69, 9.17) is 21.6 Å². The molecule has 28 heavy (non-hydrogen) atoms. The number of piperidine rings is 1. The first-order valence-corrected chi connectivity index (χ1v) is 9.23. The largest absolute Gasteiger partial charge is 0.457 e. The average Bonchev–Trinajstić information content (AvgIpc) is 2.70. The number of para-hydroxylation sites is 1. The van der Waals surface area contributed by atoms with Crippen molar-refractivity contribution in [1.82, 2.24) is 10.6 Å². The highest BCUT2D eigenvalue weighted by molar-refractivity contribution is 6.26. The van der Waals surface area contributed by atoms with Crippen molar-refractivity contribution >= 4 is 11.6 Å². The van der Waals surface area contributed by atoms with Crippen molar-refractivity contribution in [3.8, 4) is 11.5 Å². The van der Waals surface area contributed by atoms with Crippen LogP contribution in [0, 0.1) is 5.41 Å². The van der Waals surface area contributed by atoms with Crippen LogP contribution in [0.5, 0.6) is 11.5 Å². The van der Waals surface area contributed by atoms with Gasteiger partial charge in [-0.25, -0.2) is 0 Å². The van der Waals surface area contributed by atoms with Gasteiger partial charge in [0, 0.05) is 18.2 Å². The third kappa shape index (κ3) is 4.89. The lowest BCUT2D eigenvalue weighted by molar-refractivity contribution is -0.114. The molecule has 1 saturated heterocycles. The topological polar surface area (TPSA) is 126 Å². The van der Waals surface area contributed by atoms with Crippen LogP contribution in [-0.4, -0.2) is 30.8 Å². The summed E-state index contributed by atoms with van der Waals surface area (Å²) in [5, 5.41) is 14.8. The minimum absolute atomic E-state index is 0.0118. The highest BCUT2D eigenvalue weighted by atomic mass is 16.5. The van der Waals surface area contributed by atoms with Crippen LogP contribution in [0.2, 0.25) is 0 Å². The first-order chi connectivity index (χ1) is 13.5. The zero-order valence-electron chi connectivity index (χ0n) is 15.6. The predicted molar refractivity (Wildman–Crippen MR) is 109 cm³/mol. The van der Waals surface area contributed by atoms with Gasteiger partial charge in [-0.3, -0.25) is 10.2 Å². The fourth-order valence-electron chi connectivity index (χ4n) is 3.12. The molecule has 146 valence electrons. The Morgan fingerprint density at radius 1 is 1.07 bits per heavy atom. The van der Waals surface area contributed by atoms with Crippen LogP contribution in [-0.2, 0) is 4.79 Å². The predicted octanol–water partition coefficient (Wildman–Crippen LogP) is 1.84. The molecule has 0 aliphatic carbocycles. The Bertz CT molecular complexity index is 856. The molecule has 1 aliphatic heterocycles. The molecule has 1 fully saturated rings. The number of hydrogen-bond donors (Lipinski definition) is 5. The van der Waals surface area contributed by atoms with Gasteiger partial charge in [0.15, 0.2) is 0 Å². The van der Waals surface area contributed by atoms with Gasteiger partial charge in [-0.15, -0.1) is 0 Å². The number of benzene rings is 2. The Balaban J connectivity index is 1.75. The molecular weight excluding hydrogens is 354 g/mol. The first-order valence-electron chi connectivity index (χ1n) is 9.23. The maximum absolute atomic E-state index is 12.0. The van der Waals surface area contributed by atoms with Gasteiger partial charge in [-0.2, -0.15) is 0 Å². The van der Waals surface area contributed by atoms with Crippen molar-refractivity contribution in [2.45, 2.75) is 18.9 Å². The lowest BCUT2D eigenvalue weighted by atomic mass is 10.0. The second-order valence-electron chi connectivity index (χ2n) is 6.66. The summed E-state index contributed by atoms with van der Waals surface area (Å²) in [6.07, 6.45) is 1.97. The summed E-state index contributed by atoms with van der Waals surface area (Å²) in [4.78, 5) is 12.0. The smallest absolute Gasteiger partial charge is 0.254 e. The Hall–Kier alpha value is -3.32. The van der Waals surface area contributed by atoms with Gasteiger partial charge in [-0.05, 0) is 55.8 Å². The van der Waals surface area contributed by atoms with Crippen LogP contribution in [0.1, 0.15) is 18.4 Å². The Kier molecular flexibility index (Phi) is 6.29. The van der Waals surface area contributed by atoms with E-state index >= 15 is 0 Å². The quantitative estimate of drug-likeness (QED) is 0.371. The van der Waals surface area contributed by atoms with Gasteiger partial charge in [-0.1, -0.05) is 18.2 Å². The number of nitrogens with two attached hydrogens (primary N) is 2. The Morgan fingerprint density at radius 2 is 1.75 bits per heavy atom. The lowest BCUT2D eigenvalue weighted by Crippen LogP contribution is -2.45. The number of nitrogens with one attached hydrogen (secondary N) is 3. The zero-order valence-corrected chi connectivity index (χ0v) is 15.6. The molecule has 0 bridgehead atoms. The van der Waals surface area contributed by atoms with Crippen molar-refractivity contribution in [2.75, 3.05) is 13.1 Å². The molecule has 7 heteroatoms. The molecule has 0 spiro atoms. The number of amides is 1. The second-order valence-corrected chi connectivity index (χ2v) is 6.66. The van der Waals surface area contributed by atoms with Gasteiger partial charge in [0.25, 0.3) is 5.91 Å². The normalized spacial score (nSPS) is 17.4. The van der Waals surface area contributed by atoms with Crippen molar-refractivity contribution < 1.29 is 9.53 Å². The Morgan fingerprint density at radius 3 is 2.36 bits per heavy atom. The van der Waals surface area contributed by atoms with E-state index in [-0.39, 0.29) is 23.1 Å². The molecule has 2 aromatic carbocycles. The van der Waals surface area contributed by atoms with Gasteiger partial charge in [0.05, 0.1) is 5.71 Å². The molecule has 2 aromatic rings. The molecule has 1 atom stereocenters. The van der Waals surface area contributed by atoms with E-state index in [1.165, 1.54) is 0 Å². The van der Waals surface area contributed by atoms with E-state index in [1.54, 1.807) is 24.3 Å². The minimum Gasteiger partial charge on any atom is -0.457 e. The van der Waals surface area contributed by atoms with E-state index in [1.807, 2.05) is 30.3 Å². The number of carbonyl (C=O) groups excluding carboxylic acids is 1. The lowest BCUT2D eigenvalue weighted by Gasteiger charge is -2.25. The molecule has 1 unspecified atom stereocenters. The summed E-state index contributed by atoms with van der Waals surface area (Å²) in [6.45, 7) is 1.73. The summed E-state index contributed by atoms with van der Waals surface area (Å²) < 4.78 is 5.75. The molecule has 0 saturated carbocycles. The van der Waals surface area contributed by atoms with Crippen LogP contribution in [0.3, 0.4) is 0 Å². The highest BCUT2D eigenvalue weighted by Gasteiger charge is 2.21. The summed E-state index contributed by atoms with van der Waals surface area (Å²) >= 11 is 0. The first kappa shape index (κ1) is 19.4. The summed E-state index contributed by atoms with van der Waals surface area (Å²) in [7, 11) is 0. The number of rotatable bonds is 7. The molecule has 7 nitrogen and oxygen atoms in total. The highest BCUT2D eigenvalue weighted by Crippen LogP contribution is 2.22. The molecule has 7 N–H and O–H groups in total. The molecule has 3 rings (SSSR count). The van der Waals surface area contributed by atoms with Crippen molar-refractivity contribution in [2.24, 2.45) is 11.5 Å². The van der Waals surface area contributed by atoms with Crippen molar-refractivity contribution in [3.63, 3.8) is 0 Å². The SMILES string of the molecule is N=C(/C(C(N)=O)=C(/N)NC1CCCNC1)c1ccc(Oc2ccccc2)cc1. The van der Waals surface area contributed by atoms with E-state index < -0.39 is 5.91 Å². The Labute approximate surface area is 164 Å². The molecule has 0 aromatic heterocycles. The van der Waals surface area contributed by atoms with E-state index in [0.29, 0.717) is 11.3 Å². The van der Waals surface area contributed by atoms with Crippen LogP contribution in [0.4, 0.5) is 0 Å². The molecule has 1 heterocycles. The van der Waals surface area contributed by atoms with E-state index in [0.717, 1.165) is 31.7 Å². The third-order valence-electron chi connectivity index (χ3n) is 4.54. The fourth-order valence-corrected chi connectivity index (χ4v) is 3.12. The molecule has 1 aliphatic rings. The van der Waals surface area contributed by atoms with E-state index in [9.17, 15) is 4.79 Å². The van der Waals surface area contributed by atoms with Crippen LogP contribution in [0.25, 0.3) is 0 Å². The summed E-state index contributed by atoms with van der Waals surface area (Å²) in [5.41, 5.74) is 12.1. The molecule has 1 amide bonds. The maximum atomic E-state index is 12.0. The summed E-state index contributed by atoms with van der Waals surface area (Å²) in [6, 6.07) is 16.4. The van der Waals surface area contributed by atoms with Crippen LogP contribution >= 0.6 is 0 Å². The molecule has 0 radical (unpaired) electrons. The minimum atomic E-state index is -0.733. The third-order valence-corrected chi connectivity index (χ3v) is 4.54.